The molecule has 2 N–H and O–H groups in total. The highest BCUT2D eigenvalue weighted by Gasteiger charge is 2.00. The predicted molar refractivity (Wildman–Crippen MR) is 58.1 cm³/mol. The molecule has 0 radical (unpaired) electrons. The van der Waals surface area contributed by atoms with E-state index < -0.39 is 0 Å². The fraction of sp³-hybridized carbons (Fsp3) is 0.636. The van der Waals surface area contributed by atoms with E-state index in [-0.39, 0.29) is 6.10 Å². The minimum Gasteiger partial charge on any atom is -0.392 e. The molecule has 0 bridgehead atoms. The van der Waals surface area contributed by atoms with Crippen LogP contribution in [0.2, 0.25) is 0 Å². The molecule has 0 aliphatic carbocycles. The lowest BCUT2D eigenvalue weighted by Crippen LogP contribution is -2.24. The maximum absolute atomic E-state index is 9.08. The lowest BCUT2D eigenvalue weighted by Gasteiger charge is -2.10. The molecule has 14 heavy (non-hydrogen) atoms. The Bertz CT molecular complexity index is 256. The molecule has 1 aromatic heterocycles. The Balaban J connectivity index is 2.37. The first-order valence-electron chi connectivity index (χ1n) is 5.26. The van der Waals surface area contributed by atoms with Gasteiger partial charge in [-0.3, -0.25) is 0 Å². The third-order valence-electron chi connectivity index (χ3n) is 2.13. The third kappa shape index (κ3) is 3.52. The van der Waals surface area contributed by atoms with E-state index in [4.69, 9.17) is 5.11 Å². The Labute approximate surface area is 85.7 Å². The molecule has 1 rings (SSSR count). The van der Waals surface area contributed by atoms with Crippen molar-refractivity contribution < 1.29 is 5.11 Å². The van der Waals surface area contributed by atoms with Crippen molar-refractivity contribution >= 4 is 0 Å². The van der Waals surface area contributed by atoms with Crippen LogP contribution in [0.15, 0.2) is 18.3 Å². The molecule has 0 spiro atoms. The summed E-state index contributed by atoms with van der Waals surface area (Å²) >= 11 is 0. The van der Waals surface area contributed by atoms with Gasteiger partial charge in [0.15, 0.2) is 0 Å². The van der Waals surface area contributed by atoms with Crippen molar-refractivity contribution in [3.8, 4) is 0 Å². The monoisotopic (exact) mass is 196 g/mol. The average Bonchev–Trinajstić information content (AvgIpc) is 2.53. The van der Waals surface area contributed by atoms with Crippen LogP contribution in [0, 0.1) is 0 Å². The van der Waals surface area contributed by atoms with Gasteiger partial charge in [0, 0.05) is 31.5 Å². The normalized spacial score (nSPS) is 13.1. The topological polar surface area (TPSA) is 37.2 Å². The van der Waals surface area contributed by atoms with Crippen LogP contribution in [0.5, 0.6) is 0 Å². The number of aromatic nitrogens is 1. The van der Waals surface area contributed by atoms with Crippen molar-refractivity contribution in [1.82, 2.24) is 9.88 Å². The Morgan fingerprint density at radius 3 is 3.00 bits per heavy atom. The van der Waals surface area contributed by atoms with Crippen molar-refractivity contribution in [2.45, 2.75) is 39.5 Å². The second kappa shape index (κ2) is 5.83. The van der Waals surface area contributed by atoms with Gasteiger partial charge in [-0.2, -0.15) is 0 Å². The molecule has 1 heterocycles. The largest absolute Gasteiger partial charge is 0.392 e. The minimum absolute atomic E-state index is 0.274. The van der Waals surface area contributed by atoms with Crippen LogP contribution in [0.1, 0.15) is 26.0 Å². The first-order valence-corrected chi connectivity index (χ1v) is 5.26. The van der Waals surface area contributed by atoms with Crippen LogP contribution in [0.4, 0.5) is 0 Å². The second-order valence-corrected chi connectivity index (χ2v) is 3.67. The van der Waals surface area contributed by atoms with Crippen LogP contribution < -0.4 is 5.32 Å². The van der Waals surface area contributed by atoms with Gasteiger partial charge in [-0.15, -0.1) is 0 Å². The Hall–Kier alpha value is -0.800. The van der Waals surface area contributed by atoms with E-state index in [1.807, 2.05) is 0 Å². The molecule has 0 aliphatic heterocycles. The van der Waals surface area contributed by atoms with E-state index in [9.17, 15) is 0 Å². The van der Waals surface area contributed by atoms with E-state index in [1.165, 1.54) is 5.69 Å². The van der Waals surface area contributed by atoms with Gasteiger partial charge < -0.3 is 15.0 Å². The summed E-state index contributed by atoms with van der Waals surface area (Å²) in [5.41, 5.74) is 1.28. The molecule has 0 aliphatic rings. The zero-order chi connectivity index (χ0) is 10.4. The Morgan fingerprint density at radius 1 is 1.57 bits per heavy atom. The Kier molecular flexibility index (Phi) is 4.70. The lowest BCUT2D eigenvalue weighted by atomic mass is 10.3. The summed E-state index contributed by atoms with van der Waals surface area (Å²) in [6.07, 6.45) is 2.98. The average molecular weight is 196 g/mol. The zero-order valence-electron chi connectivity index (χ0n) is 9.03. The molecule has 0 fully saturated rings. The summed E-state index contributed by atoms with van der Waals surface area (Å²) in [5.74, 6) is 0. The summed E-state index contributed by atoms with van der Waals surface area (Å²) in [7, 11) is 0. The fourth-order valence-electron chi connectivity index (χ4n) is 1.48. The van der Waals surface area contributed by atoms with E-state index in [1.54, 1.807) is 6.92 Å². The van der Waals surface area contributed by atoms with Gasteiger partial charge in [-0.05, 0) is 25.5 Å². The van der Waals surface area contributed by atoms with Gasteiger partial charge in [0.1, 0.15) is 0 Å². The molecule has 1 aromatic rings. The second-order valence-electron chi connectivity index (χ2n) is 3.67. The van der Waals surface area contributed by atoms with E-state index in [0.717, 1.165) is 19.5 Å². The number of aliphatic hydroxyl groups is 1. The quantitative estimate of drug-likeness (QED) is 0.721. The summed E-state index contributed by atoms with van der Waals surface area (Å²) in [4.78, 5) is 0. The maximum atomic E-state index is 9.08. The number of hydrogen-bond acceptors (Lipinski definition) is 2. The van der Waals surface area contributed by atoms with Crippen molar-refractivity contribution in [1.29, 1.82) is 0 Å². The van der Waals surface area contributed by atoms with Crippen LogP contribution >= 0.6 is 0 Å². The van der Waals surface area contributed by atoms with Crippen LogP contribution in [0.3, 0.4) is 0 Å². The van der Waals surface area contributed by atoms with Gasteiger partial charge in [-0.1, -0.05) is 6.92 Å². The fourth-order valence-corrected chi connectivity index (χ4v) is 1.48. The van der Waals surface area contributed by atoms with Gasteiger partial charge in [-0.25, -0.2) is 0 Å². The van der Waals surface area contributed by atoms with Crippen molar-refractivity contribution in [3.63, 3.8) is 0 Å². The van der Waals surface area contributed by atoms with E-state index >= 15 is 0 Å². The standard InChI is InChI=1S/C11H20N2O/c1-3-6-13-7-4-5-11(13)9-12-8-10(2)14/h4-5,7,10,12,14H,3,6,8-9H2,1-2H3. The zero-order valence-corrected chi connectivity index (χ0v) is 9.03. The molecule has 3 heteroatoms. The highest BCUT2D eigenvalue weighted by molar-refractivity contribution is 5.06. The molecular weight excluding hydrogens is 176 g/mol. The van der Waals surface area contributed by atoms with Gasteiger partial charge in [0.05, 0.1) is 6.10 Å². The minimum atomic E-state index is -0.274. The molecule has 3 nitrogen and oxygen atoms in total. The maximum Gasteiger partial charge on any atom is 0.0636 e. The molecular formula is C11H20N2O. The molecule has 0 saturated carbocycles. The van der Waals surface area contributed by atoms with Crippen LogP contribution in [0.25, 0.3) is 0 Å². The summed E-state index contributed by atoms with van der Waals surface area (Å²) in [5, 5.41) is 12.3. The summed E-state index contributed by atoms with van der Waals surface area (Å²) in [6, 6.07) is 4.18. The van der Waals surface area contributed by atoms with Gasteiger partial charge >= 0.3 is 0 Å². The Morgan fingerprint density at radius 2 is 2.36 bits per heavy atom. The predicted octanol–water partition coefficient (Wildman–Crippen LogP) is 1.37. The number of nitrogens with zero attached hydrogens (tertiary/aromatic N) is 1. The van der Waals surface area contributed by atoms with E-state index in [0.29, 0.717) is 6.54 Å². The summed E-state index contributed by atoms with van der Waals surface area (Å²) < 4.78 is 2.25. The number of rotatable bonds is 6. The van der Waals surface area contributed by atoms with Crippen molar-refractivity contribution in [2.75, 3.05) is 6.54 Å². The highest BCUT2D eigenvalue weighted by atomic mass is 16.3. The summed E-state index contributed by atoms with van der Waals surface area (Å²) in [6.45, 7) is 6.51. The first kappa shape index (κ1) is 11.3. The smallest absolute Gasteiger partial charge is 0.0636 e. The number of aliphatic hydroxyl groups excluding tert-OH is 1. The van der Waals surface area contributed by atoms with Gasteiger partial charge in [0.2, 0.25) is 0 Å². The number of nitrogens with one attached hydrogen (secondary N) is 1. The molecule has 0 saturated heterocycles. The number of aryl methyl sites for hydroxylation is 1. The van der Waals surface area contributed by atoms with E-state index in [2.05, 4.69) is 35.1 Å². The van der Waals surface area contributed by atoms with Gasteiger partial charge in [0.25, 0.3) is 0 Å². The third-order valence-corrected chi connectivity index (χ3v) is 2.13. The molecule has 0 aromatic carbocycles. The molecule has 1 atom stereocenters. The molecule has 80 valence electrons. The van der Waals surface area contributed by atoms with Crippen molar-refractivity contribution in [2.24, 2.45) is 0 Å². The van der Waals surface area contributed by atoms with Crippen LogP contribution in [-0.2, 0) is 13.1 Å². The molecule has 0 amide bonds. The lowest BCUT2D eigenvalue weighted by molar-refractivity contribution is 0.190. The first-order chi connectivity index (χ1) is 6.74. The van der Waals surface area contributed by atoms with Crippen molar-refractivity contribution in [3.05, 3.63) is 24.0 Å². The van der Waals surface area contributed by atoms with Crippen LogP contribution in [-0.4, -0.2) is 22.3 Å². The highest BCUT2D eigenvalue weighted by Crippen LogP contribution is 2.02. The molecule has 1 unspecified atom stereocenters. The number of hydrogen-bond donors (Lipinski definition) is 2. The SMILES string of the molecule is CCCn1cccc1CNCC(C)O.